The van der Waals surface area contributed by atoms with Gasteiger partial charge in [0.15, 0.2) is 0 Å². The van der Waals surface area contributed by atoms with E-state index in [-0.39, 0.29) is 39.3 Å². The zero-order valence-electron chi connectivity index (χ0n) is 11.8. The van der Waals surface area contributed by atoms with Gasteiger partial charge in [0.05, 0.1) is 10.7 Å². The smallest absolute Gasteiger partial charge is 0.341 e. The zero-order valence-corrected chi connectivity index (χ0v) is 14.2. The number of nitrogens with two attached hydrogens (primary N) is 1. The average Bonchev–Trinajstić information content (AvgIpc) is 2.82. The van der Waals surface area contributed by atoms with E-state index in [2.05, 4.69) is 4.98 Å². The number of aromatic amines is 1. The number of ketones is 1. The van der Waals surface area contributed by atoms with Crippen LogP contribution in [0.1, 0.15) is 25.6 Å². The summed E-state index contributed by atoms with van der Waals surface area (Å²) in [5, 5.41) is 9.61. The van der Waals surface area contributed by atoms with E-state index in [0.29, 0.717) is 10.2 Å². The first kappa shape index (κ1) is 18.0. The summed E-state index contributed by atoms with van der Waals surface area (Å²) < 4.78 is 0. The van der Waals surface area contributed by atoms with E-state index in [1.54, 1.807) is 24.3 Å². The second kappa shape index (κ2) is 6.64. The van der Waals surface area contributed by atoms with Gasteiger partial charge in [-0.1, -0.05) is 23.7 Å². The topological polar surface area (TPSA) is 113 Å². The van der Waals surface area contributed by atoms with E-state index < -0.39 is 17.1 Å². The molecule has 0 radical (unpaired) electrons. The molecule has 0 aliphatic heterocycles. The van der Waals surface area contributed by atoms with Crippen LogP contribution in [0.25, 0.3) is 10.2 Å². The van der Waals surface area contributed by atoms with Crippen LogP contribution < -0.4 is 11.3 Å². The number of nitrogen functional groups attached to an aromatic ring is 1. The third kappa shape index (κ3) is 2.89. The molecule has 0 spiro atoms. The number of carbonyl (C=O) groups excluding carboxylic acids is 1. The summed E-state index contributed by atoms with van der Waals surface area (Å²) in [5.74, 6) is -1.75. The van der Waals surface area contributed by atoms with E-state index in [4.69, 9.17) is 22.4 Å². The number of pyridine rings is 1. The van der Waals surface area contributed by atoms with Crippen LogP contribution in [-0.4, -0.2) is 21.8 Å². The second-order valence-corrected chi connectivity index (χ2v) is 6.14. The lowest BCUT2D eigenvalue weighted by molar-refractivity contribution is 0.0695. The van der Waals surface area contributed by atoms with Crippen molar-refractivity contribution in [3.63, 3.8) is 0 Å². The van der Waals surface area contributed by atoms with Crippen LogP contribution in [0, 0.1) is 0 Å². The number of carboxylic acids is 1. The van der Waals surface area contributed by atoms with Crippen molar-refractivity contribution in [1.82, 2.24) is 4.98 Å². The molecule has 0 atom stereocenters. The Hall–Kier alpha value is -2.35. The van der Waals surface area contributed by atoms with Gasteiger partial charge in [0.1, 0.15) is 15.3 Å². The minimum absolute atomic E-state index is 0. The number of carboxylic acid groups (broad SMARTS) is 1. The maximum Gasteiger partial charge on any atom is 0.341 e. The Morgan fingerprint density at radius 2 is 1.88 bits per heavy atom. The van der Waals surface area contributed by atoms with Crippen molar-refractivity contribution in [2.75, 3.05) is 5.73 Å². The number of benzene rings is 1. The fourth-order valence-electron chi connectivity index (χ4n) is 2.17. The lowest BCUT2D eigenvalue weighted by atomic mass is 10.1. The molecule has 0 aliphatic rings. The third-order valence-corrected chi connectivity index (χ3v) is 4.76. The van der Waals surface area contributed by atoms with E-state index in [1.165, 1.54) is 6.07 Å². The summed E-state index contributed by atoms with van der Waals surface area (Å²) in [6.07, 6.45) is 0. The van der Waals surface area contributed by atoms with Gasteiger partial charge >= 0.3 is 5.97 Å². The first-order valence-corrected chi connectivity index (χ1v) is 7.57. The molecule has 6 nitrogen and oxygen atoms in total. The molecule has 3 aromatic rings. The Morgan fingerprint density at radius 3 is 2.50 bits per heavy atom. The second-order valence-electron chi connectivity index (χ2n) is 4.71. The van der Waals surface area contributed by atoms with E-state index in [0.717, 1.165) is 11.3 Å². The first-order valence-electron chi connectivity index (χ1n) is 6.38. The molecule has 0 aliphatic carbocycles. The fraction of sp³-hybridized carbons (Fsp3) is 0. The van der Waals surface area contributed by atoms with E-state index in [9.17, 15) is 14.4 Å². The van der Waals surface area contributed by atoms with Gasteiger partial charge in [-0.25, -0.2) is 4.79 Å². The van der Waals surface area contributed by atoms with Gasteiger partial charge in [-0.15, -0.1) is 23.7 Å². The Balaban J connectivity index is 0.00000208. The molecule has 3 rings (SSSR count). The molecule has 9 heteroatoms. The van der Waals surface area contributed by atoms with Crippen molar-refractivity contribution in [1.29, 1.82) is 0 Å². The van der Waals surface area contributed by atoms with Gasteiger partial charge in [-0.3, -0.25) is 9.59 Å². The van der Waals surface area contributed by atoms with Crippen LogP contribution in [-0.2, 0) is 0 Å². The number of hydrogen-bond donors (Lipinski definition) is 3. The Labute approximate surface area is 150 Å². The molecule has 1 aromatic carbocycles. The molecule has 0 amide bonds. The highest BCUT2D eigenvalue weighted by atomic mass is 35.5. The van der Waals surface area contributed by atoms with Gasteiger partial charge in [0, 0.05) is 10.9 Å². The summed E-state index contributed by atoms with van der Waals surface area (Å²) in [6, 6.07) is 7.70. The Bertz CT molecular complexity index is 1030. The highest BCUT2D eigenvalue weighted by Gasteiger charge is 2.22. The number of aromatic carboxylic acids is 1. The van der Waals surface area contributed by atoms with Crippen molar-refractivity contribution in [3.8, 4) is 0 Å². The van der Waals surface area contributed by atoms with Gasteiger partial charge < -0.3 is 15.8 Å². The number of nitrogens with one attached hydrogen (secondary N) is 1. The number of H-pyrrole nitrogens is 1. The molecule has 0 saturated heterocycles. The molecule has 0 saturated carbocycles. The van der Waals surface area contributed by atoms with Crippen molar-refractivity contribution < 1.29 is 14.7 Å². The summed E-state index contributed by atoms with van der Waals surface area (Å²) in [6.45, 7) is 0. The van der Waals surface area contributed by atoms with Crippen LogP contribution in [0.2, 0.25) is 5.02 Å². The number of rotatable bonds is 3. The first-order chi connectivity index (χ1) is 10.9. The fourth-order valence-corrected chi connectivity index (χ4v) is 3.44. The maximum atomic E-state index is 12.6. The van der Waals surface area contributed by atoms with Gasteiger partial charge in [-0.05, 0) is 18.2 Å². The van der Waals surface area contributed by atoms with Gasteiger partial charge in [0.2, 0.25) is 5.78 Å². The summed E-state index contributed by atoms with van der Waals surface area (Å²) in [7, 11) is 0. The van der Waals surface area contributed by atoms with Crippen LogP contribution in [0.3, 0.4) is 0 Å². The predicted molar refractivity (Wildman–Crippen MR) is 95.9 cm³/mol. The van der Waals surface area contributed by atoms with E-state index >= 15 is 0 Å². The number of halogens is 2. The molecule has 124 valence electrons. The number of carbonyl (C=O) groups is 2. The number of fused-ring (bicyclic) bond motifs is 1. The Kier molecular flexibility index (Phi) is 4.98. The molecule has 0 fully saturated rings. The largest absolute Gasteiger partial charge is 0.477 e. The van der Waals surface area contributed by atoms with Gasteiger partial charge in [-0.2, -0.15) is 0 Å². The predicted octanol–water partition coefficient (Wildman–Crippen LogP) is 3.18. The number of thiophene rings is 1. The van der Waals surface area contributed by atoms with Crippen molar-refractivity contribution in [3.05, 3.63) is 61.7 Å². The zero-order chi connectivity index (χ0) is 16.7. The lowest BCUT2D eigenvalue weighted by Gasteiger charge is -2.02. The maximum absolute atomic E-state index is 12.6. The standard InChI is InChI=1S/C15H9ClN2O4S.ClH/c16-9-4-2-1-3-6(9)11(19)12-10(17)7-5-8(15(21)22)13(20)18-14(7)23-12;/h1-5H,17H2,(H,18,20)(H,21,22);1H. The normalized spacial score (nSPS) is 10.4. The lowest BCUT2D eigenvalue weighted by Crippen LogP contribution is -2.16. The molecule has 0 unspecified atom stereocenters. The molecule has 0 bridgehead atoms. The van der Waals surface area contributed by atoms with Crippen LogP contribution >= 0.6 is 35.3 Å². The van der Waals surface area contributed by atoms with Crippen LogP contribution in [0.15, 0.2) is 35.1 Å². The van der Waals surface area contributed by atoms with Crippen molar-refractivity contribution in [2.24, 2.45) is 0 Å². The van der Waals surface area contributed by atoms with Crippen LogP contribution in [0.4, 0.5) is 5.69 Å². The van der Waals surface area contributed by atoms with Gasteiger partial charge in [0.25, 0.3) is 5.56 Å². The molecule has 2 heterocycles. The minimum Gasteiger partial charge on any atom is -0.477 e. The minimum atomic E-state index is -1.36. The summed E-state index contributed by atoms with van der Waals surface area (Å²) in [5.41, 5.74) is 5.20. The van der Waals surface area contributed by atoms with Crippen molar-refractivity contribution >= 4 is 63.0 Å². The number of hydrogen-bond acceptors (Lipinski definition) is 5. The molecule has 4 N–H and O–H groups in total. The average molecular weight is 385 g/mol. The molecule has 24 heavy (non-hydrogen) atoms. The van der Waals surface area contributed by atoms with E-state index in [1.807, 2.05) is 0 Å². The SMILES string of the molecule is Cl.Nc1c(C(=O)c2ccccc2Cl)sc2[nH]c(=O)c(C(=O)O)cc12. The van der Waals surface area contributed by atoms with Crippen molar-refractivity contribution in [2.45, 2.75) is 0 Å². The monoisotopic (exact) mass is 384 g/mol. The highest BCUT2D eigenvalue weighted by molar-refractivity contribution is 7.21. The number of anilines is 1. The molecular weight excluding hydrogens is 375 g/mol. The highest BCUT2D eigenvalue weighted by Crippen LogP contribution is 2.34. The van der Waals surface area contributed by atoms with Crippen LogP contribution in [0.5, 0.6) is 0 Å². The summed E-state index contributed by atoms with van der Waals surface area (Å²) in [4.78, 5) is 38.3. The third-order valence-electron chi connectivity index (χ3n) is 3.30. The number of aromatic nitrogens is 1. The Morgan fingerprint density at radius 1 is 1.21 bits per heavy atom. The molecular formula is C15H10Cl2N2O4S. The quantitative estimate of drug-likeness (QED) is 0.600. The summed E-state index contributed by atoms with van der Waals surface area (Å²) >= 11 is 7.01. The molecule has 2 aromatic heterocycles.